The van der Waals surface area contributed by atoms with Crippen LogP contribution in [0.2, 0.25) is 0 Å². The largest absolute Gasteiger partial charge is 0.416 e. The lowest BCUT2D eigenvalue weighted by atomic mass is 9.94. The summed E-state index contributed by atoms with van der Waals surface area (Å²) in [7, 11) is 0. The Bertz CT molecular complexity index is 942. The molecule has 0 radical (unpaired) electrons. The number of pyridine rings is 1. The lowest BCUT2D eigenvalue weighted by molar-refractivity contribution is -0.144. The summed E-state index contributed by atoms with van der Waals surface area (Å²) >= 11 is 0. The number of hydrogen-bond donors (Lipinski definition) is 0. The third kappa shape index (κ3) is 4.93. The molecule has 6 nitrogen and oxygen atoms in total. The van der Waals surface area contributed by atoms with Gasteiger partial charge in [0.05, 0.1) is 24.3 Å². The Balaban J connectivity index is 1.33. The van der Waals surface area contributed by atoms with E-state index in [0.29, 0.717) is 56.8 Å². The predicted octanol–water partition coefficient (Wildman–Crippen LogP) is 3.55. The lowest BCUT2D eigenvalue weighted by Gasteiger charge is -2.38. The van der Waals surface area contributed by atoms with Crippen LogP contribution in [0.25, 0.3) is 0 Å². The van der Waals surface area contributed by atoms with Gasteiger partial charge in [-0.05, 0) is 42.7 Å². The molecule has 0 saturated carbocycles. The molecule has 1 aromatic carbocycles. The standard InChI is InChI=1S/C23H24F3N3O3/c24-23(25,26)19-5-3-16(4-6-19)20-15-29(12-13-32-20)21(30)17-7-10-28(11-8-17)22(31)18-2-1-9-27-14-18/h1-6,9,14,17,20H,7-8,10-13,15H2. The third-order valence-corrected chi connectivity index (χ3v) is 6.03. The molecule has 2 amide bonds. The number of amides is 2. The van der Waals surface area contributed by atoms with Crippen molar-refractivity contribution in [1.29, 1.82) is 0 Å². The summed E-state index contributed by atoms with van der Waals surface area (Å²) in [6.45, 7) is 2.08. The van der Waals surface area contributed by atoms with Gasteiger partial charge in [0.1, 0.15) is 6.10 Å². The molecular formula is C23H24F3N3O3. The van der Waals surface area contributed by atoms with Gasteiger partial charge in [-0.3, -0.25) is 14.6 Å². The van der Waals surface area contributed by atoms with E-state index in [1.54, 1.807) is 28.1 Å². The average molecular weight is 447 g/mol. The number of hydrogen-bond acceptors (Lipinski definition) is 4. The van der Waals surface area contributed by atoms with E-state index < -0.39 is 17.8 Å². The highest BCUT2D eigenvalue weighted by Gasteiger charge is 2.34. The zero-order valence-electron chi connectivity index (χ0n) is 17.4. The molecule has 2 aromatic rings. The monoisotopic (exact) mass is 447 g/mol. The van der Waals surface area contributed by atoms with Crippen molar-refractivity contribution < 1.29 is 27.5 Å². The van der Waals surface area contributed by atoms with Gasteiger partial charge < -0.3 is 14.5 Å². The van der Waals surface area contributed by atoms with Crippen LogP contribution in [0.5, 0.6) is 0 Å². The lowest BCUT2D eigenvalue weighted by Crippen LogP contribution is -2.48. The maximum absolute atomic E-state index is 13.1. The molecule has 170 valence electrons. The smallest absolute Gasteiger partial charge is 0.370 e. The number of alkyl halides is 3. The van der Waals surface area contributed by atoms with Crippen LogP contribution >= 0.6 is 0 Å². The Kier molecular flexibility index (Phi) is 6.45. The minimum atomic E-state index is -4.39. The number of benzene rings is 1. The molecule has 1 unspecified atom stereocenters. The molecule has 4 rings (SSSR count). The highest BCUT2D eigenvalue weighted by Crippen LogP contribution is 2.31. The van der Waals surface area contributed by atoms with E-state index in [-0.39, 0.29) is 17.7 Å². The second-order valence-electron chi connectivity index (χ2n) is 8.07. The van der Waals surface area contributed by atoms with Gasteiger partial charge in [-0.15, -0.1) is 0 Å². The molecule has 0 aliphatic carbocycles. The van der Waals surface area contributed by atoms with Crippen molar-refractivity contribution in [2.75, 3.05) is 32.8 Å². The SMILES string of the molecule is O=C(c1cccnc1)N1CCC(C(=O)N2CCOC(c3ccc(C(F)(F)F)cc3)C2)CC1. The number of nitrogens with zero attached hydrogens (tertiary/aromatic N) is 3. The van der Waals surface area contributed by atoms with Crippen LogP contribution in [0.1, 0.15) is 40.4 Å². The predicted molar refractivity (Wildman–Crippen MR) is 110 cm³/mol. The molecule has 2 aliphatic rings. The van der Waals surface area contributed by atoms with Crippen molar-refractivity contribution in [3.63, 3.8) is 0 Å². The summed E-state index contributed by atoms with van der Waals surface area (Å²) in [6.07, 6.45) is -0.541. The van der Waals surface area contributed by atoms with Crippen LogP contribution in [-0.4, -0.2) is 59.4 Å². The van der Waals surface area contributed by atoms with E-state index in [9.17, 15) is 22.8 Å². The molecule has 2 aliphatic heterocycles. The van der Waals surface area contributed by atoms with Crippen LogP contribution in [0, 0.1) is 5.92 Å². The Hall–Kier alpha value is -2.94. The van der Waals surface area contributed by atoms with Crippen LogP contribution < -0.4 is 0 Å². The van der Waals surface area contributed by atoms with Gasteiger partial charge in [-0.25, -0.2) is 0 Å². The number of piperidine rings is 1. The topological polar surface area (TPSA) is 62.7 Å². The average Bonchev–Trinajstić information content (AvgIpc) is 2.83. The van der Waals surface area contributed by atoms with Crippen molar-refractivity contribution in [3.8, 4) is 0 Å². The van der Waals surface area contributed by atoms with Crippen LogP contribution in [0.4, 0.5) is 13.2 Å². The summed E-state index contributed by atoms with van der Waals surface area (Å²) in [5.41, 5.74) is 0.440. The van der Waals surface area contributed by atoms with Gasteiger partial charge >= 0.3 is 6.18 Å². The summed E-state index contributed by atoms with van der Waals surface area (Å²) in [4.78, 5) is 33.1. The molecule has 2 saturated heterocycles. The zero-order valence-corrected chi connectivity index (χ0v) is 17.4. The van der Waals surface area contributed by atoms with Gasteiger partial charge in [-0.1, -0.05) is 12.1 Å². The van der Waals surface area contributed by atoms with Crippen molar-refractivity contribution >= 4 is 11.8 Å². The van der Waals surface area contributed by atoms with E-state index in [1.165, 1.54) is 18.3 Å². The third-order valence-electron chi connectivity index (χ3n) is 6.03. The van der Waals surface area contributed by atoms with E-state index in [2.05, 4.69) is 4.98 Å². The molecule has 1 atom stereocenters. The van der Waals surface area contributed by atoms with Crippen LogP contribution in [0.3, 0.4) is 0 Å². The Labute approximate surface area is 184 Å². The molecule has 32 heavy (non-hydrogen) atoms. The van der Waals surface area contributed by atoms with Gasteiger partial charge in [-0.2, -0.15) is 13.2 Å². The first-order valence-corrected chi connectivity index (χ1v) is 10.6. The van der Waals surface area contributed by atoms with E-state index in [0.717, 1.165) is 12.1 Å². The molecule has 9 heteroatoms. The maximum Gasteiger partial charge on any atom is 0.416 e. The number of aromatic nitrogens is 1. The van der Waals surface area contributed by atoms with Gasteiger partial charge in [0, 0.05) is 37.9 Å². The molecule has 1 aromatic heterocycles. The fourth-order valence-electron chi connectivity index (χ4n) is 4.20. The number of morpholine rings is 1. The van der Waals surface area contributed by atoms with Crippen LogP contribution in [-0.2, 0) is 15.7 Å². The number of carbonyl (C=O) groups excluding carboxylic acids is 2. The Morgan fingerprint density at radius 3 is 2.34 bits per heavy atom. The Morgan fingerprint density at radius 1 is 1.00 bits per heavy atom. The second-order valence-corrected chi connectivity index (χ2v) is 8.07. The van der Waals surface area contributed by atoms with Crippen molar-refractivity contribution in [2.45, 2.75) is 25.1 Å². The van der Waals surface area contributed by atoms with Crippen molar-refractivity contribution in [1.82, 2.24) is 14.8 Å². The molecular weight excluding hydrogens is 423 g/mol. The summed E-state index contributed by atoms with van der Waals surface area (Å²) in [5.74, 6) is -0.254. The summed E-state index contributed by atoms with van der Waals surface area (Å²) < 4.78 is 44.1. The number of ether oxygens (including phenoxy) is 1. The number of carbonyl (C=O) groups is 2. The first-order valence-electron chi connectivity index (χ1n) is 10.6. The minimum absolute atomic E-state index is 0.0127. The van der Waals surface area contributed by atoms with Gasteiger partial charge in [0.25, 0.3) is 5.91 Å². The molecule has 0 bridgehead atoms. The van der Waals surface area contributed by atoms with Crippen molar-refractivity contribution in [3.05, 3.63) is 65.5 Å². The Morgan fingerprint density at radius 2 is 1.72 bits per heavy atom. The fraction of sp³-hybridized carbons (Fsp3) is 0.435. The van der Waals surface area contributed by atoms with E-state index >= 15 is 0 Å². The highest BCUT2D eigenvalue weighted by molar-refractivity contribution is 5.94. The van der Waals surface area contributed by atoms with E-state index in [1.807, 2.05) is 0 Å². The molecule has 0 N–H and O–H groups in total. The first-order chi connectivity index (χ1) is 15.3. The molecule has 3 heterocycles. The number of halogens is 3. The second kappa shape index (κ2) is 9.28. The van der Waals surface area contributed by atoms with Crippen molar-refractivity contribution in [2.24, 2.45) is 5.92 Å². The normalized spacial score (nSPS) is 20.3. The molecule has 2 fully saturated rings. The first kappa shape index (κ1) is 22.3. The van der Waals surface area contributed by atoms with Crippen LogP contribution in [0.15, 0.2) is 48.8 Å². The highest BCUT2D eigenvalue weighted by atomic mass is 19.4. The zero-order chi connectivity index (χ0) is 22.7. The quantitative estimate of drug-likeness (QED) is 0.722. The molecule has 0 spiro atoms. The van der Waals surface area contributed by atoms with E-state index in [4.69, 9.17) is 4.74 Å². The number of rotatable bonds is 3. The van der Waals surface area contributed by atoms with Gasteiger partial charge in [0.15, 0.2) is 0 Å². The summed E-state index contributed by atoms with van der Waals surface area (Å²) in [6, 6.07) is 8.33. The fourth-order valence-corrected chi connectivity index (χ4v) is 4.20. The van der Waals surface area contributed by atoms with Gasteiger partial charge in [0.2, 0.25) is 5.91 Å². The number of likely N-dealkylation sites (tertiary alicyclic amines) is 1. The summed E-state index contributed by atoms with van der Waals surface area (Å²) in [5, 5.41) is 0. The minimum Gasteiger partial charge on any atom is -0.370 e. The maximum atomic E-state index is 13.1.